The number of hydrogen-bond donors (Lipinski definition) is 2. The van der Waals surface area contributed by atoms with Crippen LogP contribution in [-0.4, -0.2) is 34.7 Å². The van der Waals surface area contributed by atoms with Gasteiger partial charge in [0.1, 0.15) is 5.75 Å². The summed E-state index contributed by atoms with van der Waals surface area (Å²) in [7, 11) is 1.76. The Morgan fingerprint density at radius 3 is 2.80 bits per heavy atom. The molecule has 0 radical (unpaired) electrons. The molecule has 2 rings (SSSR count). The Balaban J connectivity index is 1.73. The van der Waals surface area contributed by atoms with Crippen molar-refractivity contribution in [1.82, 2.24) is 15.1 Å². The van der Waals surface area contributed by atoms with Gasteiger partial charge in [-0.25, -0.2) is 0 Å². The fourth-order valence-electron chi connectivity index (χ4n) is 1.74. The van der Waals surface area contributed by atoms with E-state index in [-0.39, 0.29) is 5.91 Å². The highest BCUT2D eigenvalue weighted by atomic mass is 16.5. The summed E-state index contributed by atoms with van der Waals surface area (Å²) >= 11 is 0. The van der Waals surface area contributed by atoms with Crippen LogP contribution in [0.15, 0.2) is 36.7 Å². The monoisotopic (exact) mass is 274 g/mol. The van der Waals surface area contributed by atoms with Crippen LogP contribution < -0.4 is 10.5 Å². The van der Waals surface area contributed by atoms with Crippen LogP contribution in [0.2, 0.25) is 0 Å². The first-order chi connectivity index (χ1) is 9.65. The molecule has 6 nitrogen and oxygen atoms in total. The molecule has 1 aromatic carbocycles. The molecule has 1 amide bonds. The Morgan fingerprint density at radius 2 is 2.15 bits per heavy atom. The number of benzene rings is 1. The van der Waals surface area contributed by atoms with E-state index in [4.69, 9.17) is 10.5 Å². The first kappa shape index (κ1) is 13.9. The van der Waals surface area contributed by atoms with Crippen LogP contribution in [0.4, 0.5) is 5.69 Å². The Labute approximate surface area is 117 Å². The highest BCUT2D eigenvalue weighted by Gasteiger charge is 2.09. The number of nitrogens with one attached hydrogen (secondary N) is 1. The molecule has 0 saturated heterocycles. The van der Waals surface area contributed by atoms with Crippen molar-refractivity contribution in [3.63, 3.8) is 0 Å². The highest BCUT2D eigenvalue weighted by Crippen LogP contribution is 2.13. The Morgan fingerprint density at radius 1 is 1.40 bits per heavy atom. The van der Waals surface area contributed by atoms with Crippen LogP contribution in [0, 0.1) is 0 Å². The molecule has 1 aromatic heterocycles. The molecule has 0 unspecified atom stereocenters. The van der Waals surface area contributed by atoms with E-state index in [1.165, 1.54) is 0 Å². The Bertz CT molecular complexity index is 537. The van der Waals surface area contributed by atoms with E-state index in [0.29, 0.717) is 31.0 Å². The van der Waals surface area contributed by atoms with Crippen LogP contribution in [0.25, 0.3) is 0 Å². The summed E-state index contributed by atoms with van der Waals surface area (Å²) < 4.78 is 5.50. The first-order valence-corrected chi connectivity index (χ1v) is 6.35. The number of nitrogens with zero attached hydrogens (tertiary/aromatic N) is 2. The molecule has 0 aliphatic rings. The number of rotatable bonds is 6. The SMILES string of the molecule is CN(Cc1cn[nH]c1)C(=O)CCOc1ccc(N)cc1. The zero-order valence-electron chi connectivity index (χ0n) is 11.4. The second-order valence-electron chi connectivity index (χ2n) is 4.52. The minimum atomic E-state index is 0.0293. The molecular weight excluding hydrogens is 256 g/mol. The summed E-state index contributed by atoms with van der Waals surface area (Å²) in [5.41, 5.74) is 7.24. The standard InChI is InChI=1S/C14H18N4O2/c1-18(10-11-8-16-17-9-11)14(19)6-7-20-13-4-2-12(15)3-5-13/h2-5,8-9H,6-7,10,15H2,1H3,(H,16,17). The number of nitrogens with two attached hydrogens (primary N) is 1. The van der Waals surface area contributed by atoms with E-state index in [0.717, 1.165) is 5.56 Å². The molecule has 1 heterocycles. The van der Waals surface area contributed by atoms with Crippen molar-refractivity contribution in [2.75, 3.05) is 19.4 Å². The number of carbonyl (C=O) groups excluding carboxylic acids is 1. The lowest BCUT2D eigenvalue weighted by Gasteiger charge is -2.16. The van der Waals surface area contributed by atoms with Gasteiger partial charge in [0.2, 0.25) is 5.91 Å². The summed E-state index contributed by atoms with van der Waals surface area (Å²) in [4.78, 5) is 13.6. The van der Waals surface area contributed by atoms with E-state index in [1.54, 1.807) is 48.6 Å². The number of H-pyrrole nitrogens is 1. The zero-order chi connectivity index (χ0) is 14.4. The van der Waals surface area contributed by atoms with Gasteiger partial charge in [0.05, 0.1) is 19.2 Å². The summed E-state index contributed by atoms with van der Waals surface area (Å²) in [6.07, 6.45) is 3.81. The van der Waals surface area contributed by atoms with Gasteiger partial charge in [-0.1, -0.05) is 0 Å². The molecular formula is C14H18N4O2. The molecule has 0 fully saturated rings. The maximum atomic E-state index is 11.9. The van der Waals surface area contributed by atoms with E-state index < -0.39 is 0 Å². The molecule has 6 heteroatoms. The van der Waals surface area contributed by atoms with Crippen LogP contribution in [0.1, 0.15) is 12.0 Å². The van der Waals surface area contributed by atoms with Gasteiger partial charge in [0, 0.05) is 31.0 Å². The predicted octanol–water partition coefficient (Wildman–Crippen LogP) is 1.42. The number of carbonyl (C=O) groups is 1. The van der Waals surface area contributed by atoms with Crippen LogP contribution in [0.5, 0.6) is 5.75 Å². The van der Waals surface area contributed by atoms with E-state index in [1.807, 2.05) is 0 Å². The lowest BCUT2D eigenvalue weighted by atomic mass is 10.3. The topological polar surface area (TPSA) is 84.2 Å². The van der Waals surface area contributed by atoms with Crippen molar-refractivity contribution in [3.8, 4) is 5.75 Å². The molecule has 0 bridgehead atoms. The third-order valence-corrected chi connectivity index (χ3v) is 2.87. The molecule has 0 aliphatic carbocycles. The van der Waals surface area contributed by atoms with Crippen LogP contribution in [0.3, 0.4) is 0 Å². The van der Waals surface area contributed by atoms with Gasteiger partial charge in [-0.15, -0.1) is 0 Å². The molecule has 3 N–H and O–H groups in total. The summed E-state index contributed by atoms with van der Waals surface area (Å²) in [6.45, 7) is 0.885. The van der Waals surface area contributed by atoms with E-state index in [2.05, 4.69) is 10.2 Å². The smallest absolute Gasteiger partial charge is 0.226 e. The van der Waals surface area contributed by atoms with Crippen molar-refractivity contribution >= 4 is 11.6 Å². The van der Waals surface area contributed by atoms with Crippen molar-refractivity contribution in [2.24, 2.45) is 0 Å². The van der Waals surface area contributed by atoms with Gasteiger partial charge in [0.25, 0.3) is 0 Å². The third-order valence-electron chi connectivity index (χ3n) is 2.87. The number of hydrogen-bond acceptors (Lipinski definition) is 4. The van der Waals surface area contributed by atoms with Crippen molar-refractivity contribution in [3.05, 3.63) is 42.2 Å². The third kappa shape index (κ3) is 4.01. The lowest BCUT2D eigenvalue weighted by Crippen LogP contribution is -2.27. The number of anilines is 1. The fourth-order valence-corrected chi connectivity index (χ4v) is 1.74. The van der Waals surface area contributed by atoms with Crippen LogP contribution in [-0.2, 0) is 11.3 Å². The summed E-state index contributed by atoms with van der Waals surface area (Å²) in [6, 6.07) is 7.11. The lowest BCUT2D eigenvalue weighted by molar-refractivity contribution is -0.130. The minimum absolute atomic E-state index is 0.0293. The Kier molecular flexibility index (Phi) is 4.60. The molecule has 0 atom stereocenters. The molecule has 0 spiro atoms. The quantitative estimate of drug-likeness (QED) is 0.780. The minimum Gasteiger partial charge on any atom is -0.493 e. The average Bonchev–Trinajstić information content (AvgIpc) is 2.93. The maximum absolute atomic E-state index is 11.9. The molecule has 2 aromatic rings. The van der Waals surface area contributed by atoms with Gasteiger partial charge < -0.3 is 15.4 Å². The largest absolute Gasteiger partial charge is 0.493 e. The van der Waals surface area contributed by atoms with Crippen molar-refractivity contribution in [1.29, 1.82) is 0 Å². The van der Waals surface area contributed by atoms with E-state index >= 15 is 0 Å². The number of aromatic amines is 1. The van der Waals surface area contributed by atoms with E-state index in [9.17, 15) is 4.79 Å². The van der Waals surface area contributed by atoms with Gasteiger partial charge >= 0.3 is 0 Å². The molecule has 0 aliphatic heterocycles. The summed E-state index contributed by atoms with van der Waals surface area (Å²) in [5, 5.41) is 6.57. The second kappa shape index (κ2) is 6.60. The zero-order valence-corrected chi connectivity index (χ0v) is 11.4. The Hall–Kier alpha value is -2.50. The number of aromatic nitrogens is 2. The number of ether oxygens (including phenoxy) is 1. The van der Waals surface area contributed by atoms with Crippen LogP contribution >= 0.6 is 0 Å². The normalized spacial score (nSPS) is 10.2. The average molecular weight is 274 g/mol. The second-order valence-corrected chi connectivity index (χ2v) is 4.52. The number of nitrogen functional groups attached to an aromatic ring is 1. The van der Waals surface area contributed by atoms with Crippen molar-refractivity contribution < 1.29 is 9.53 Å². The maximum Gasteiger partial charge on any atom is 0.226 e. The summed E-state index contributed by atoms with van der Waals surface area (Å²) in [5.74, 6) is 0.742. The van der Waals surface area contributed by atoms with Crippen molar-refractivity contribution in [2.45, 2.75) is 13.0 Å². The van der Waals surface area contributed by atoms with Gasteiger partial charge in [0.15, 0.2) is 0 Å². The molecule has 20 heavy (non-hydrogen) atoms. The number of amides is 1. The fraction of sp³-hybridized carbons (Fsp3) is 0.286. The highest BCUT2D eigenvalue weighted by molar-refractivity contribution is 5.75. The van der Waals surface area contributed by atoms with Gasteiger partial charge in [-0.05, 0) is 24.3 Å². The molecule has 0 saturated carbocycles. The molecule has 106 valence electrons. The predicted molar refractivity (Wildman–Crippen MR) is 76.0 cm³/mol. The first-order valence-electron chi connectivity index (χ1n) is 6.35. The van der Waals surface area contributed by atoms with Gasteiger partial charge in [-0.3, -0.25) is 9.89 Å². The van der Waals surface area contributed by atoms with Gasteiger partial charge in [-0.2, -0.15) is 5.10 Å².